The highest BCUT2D eigenvalue weighted by Gasteiger charge is 2.20. The van der Waals surface area contributed by atoms with E-state index in [0.29, 0.717) is 18.5 Å². The van der Waals surface area contributed by atoms with Crippen molar-refractivity contribution in [3.05, 3.63) is 71.9 Å². The van der Waals surface area contributed by atoms with E-state index in [-0.39, 0.29) is 0 Å². The summed E-state index contributed by atoms with van der Waals surface area (Å²) in [7, 11) is 0. The molecule has 2 aliphatic rings. The van der Waals surface area contributed by atoms with Crippen molar-refractivity contribution < 1.29 is 14.0 Å². The maximum Gasteiger partial charge on any atom is 0.259 e. The Balaban J connectivity index is 1.07. The van der Waals surface area contributed by atoms with E-state index in [2.05, 4.69) is 44.0 Å². The van der Waals surface area contributed by atoms with E-state index in [9.17, 15) is 0 Å². The number of anilines is 1. The van der Waals surface area contributed by atoms with E-state index in [4.69, 9.17) is 14.0 Å². The Morgan fingerprint density at radius 3 is 2.44 bits per heavy atom. The van der Waals surface area contributed by atoms with Crippen LogP contribution in [0.25, 0.3) is 22.8 Å². The average Bonchev–Trinajstić information content (AvgIpc) is 3.55. The van der Waals surface area contributed by atoms with Crippen LogP contribution in [0, 0.1) is 6.92 Å². The highest BCUT2D eigenvalue weighted by atomic mass is 16.7. The number of aromatic nitrogens is 3. The van der Waals surface area contributed by atoms with Crippen LogP contribution < -0.4 is 14.4 Å². The maximum absolute atomic E-state index is 5.50. The Morgan fingerprint density at radius 1 is 0.853 bits per heavy atom. The molecule has 6 rings (SSSR count). The molecule has 1 fully saturated rings. The number of hydrogen-bond donors (Lipinski definition) is 0. The van der Waals surface area contributed by atoms with Gasteiger partial charge in [-0.2, -0.15) is 4.98 Å². The molecule has 0 radical (unpaired) electrons. The van der Waals surface area contributed by atoms with Gasteiger partial charge in [0.05, 0.1) is 5.56 Å². The summed E-state index contributed by atoms with van der Waals surface area (Å²) in [6.07, 6.45) is 1.81. The van der Waals surface area contributed by atoms with Crippen molar-refractivity contribution in [1.82, 2.24) is 20.0 Å². The molecular weight excluding hydrogens is 430 g/mol. The molecule has 0 amide bonds. The smallest absolute Gasteiger partial charge is 0.259 e. The van der Waals surface area contributed by atoms with Crippen LogP contribution in [-0.2, 0) is 6.54 Å². The SMILES string of the molecule is Cc1ccc(-c2noc(-c3ccc(N4CCN(Cc5ccc6c(c5)OCO6)CC4)nc3)n2)cc1. The number of rotatable bonds is 5. The number of piperazine rings is 1. The van der Waals surface area contributed by atoms with Crippen LogP contribution in [0.1, 0.15) is 11.1 Å². The normalized spacial score (nSPS) is 15.6. The van der Waals surface area contributed by atoms with Gasteiger partial charge in [-0.15, -0.1) is 0 Å². The van der Waals surface area contributed by atoms with Gasteiger partial charge in [-0.05, 0) is 36.8 Å². The van der Waals surface area contributed by atoms with E-state index in [1.807, 2.05) is 42.5 Å². The number of pyridine rings is 1. The Kier molecular flexibility index (Phi) is 5.35. The van der Waals surface area contributed by atoms with Crippen LogP contribution in [0.3, 0.4) is 0 Å². The predicted molar refractivity (Wildman–Crippen MR) is 128 cm³/mol. The summed E-state index contributed by atoms with van der Waals surface area (Å²) in [5.74, 6) is 3.69. The molecule has 0 saturated carbocycles. The summed E-state index contributed by atoms with van der Waals surface area (Å²) in [6, 6.07) is 18.3. The van der Waals surface area contributed by atoms with Crippen LogP contribution >= 0.6 is 0 Å². The molecule has 2 aromatic carbocycles. The van der Waals surface area contributed by atoms with Gasteiger partial charge in [-0.25, -0.2) is 4.98 Å². The van der Waals surface area contributed by atoms with Gasteiger partial charge in [0.15, 0.2) is 11.5 Å². The standard InChI is InChI=1S/C26H25N5O3/c1-18-2-5-20(6-3-18)25-28-26(34-29-25)21-7-9-24(27-15-21)31-12-10-30(11-13-31)16-19-4-8-22-23(14-19)33-17-32-22/h2-9,14-15H,10-13,16-17H2,1H3. The summed E-state index contributed by atoms with van der Waals surface area (Å²) < 4.78 is 16.4. The second kappa shape index (κ2) is 8.79. The van der Waals surface area contributed by atoms with E-state index < -0.39 is 0 Å². The molecule has 0 N–H and O–H groups in total. The minimum Gasteiger partial charge on any atom is -0.454 e. The summed E-state index contributed by atoms with van der Waals surface area (Å²) in [4.78, 5) is 14.0. The number of fused-ring (bicyclic) bond motifs is 1. The van der Waals surface area contributed by atoms with Crippen molar-refractivity contribution in [2.24, 2.45) is 0 Å². The van der Waals surface area contributed by atoms with Crippen molar-refractivity contribution in [2.45, 2.75) is 13.5 Å². The van der Waals surface area contributed by atoms with Gasteiger partial charge in [0.1, 0.15) is 5.82 Å². The molecule has 34 heavy (non-hydrogen) atoms. The molecule has 8 nitrogen and oxygen atoms in total. The summed E-state index contributed by atoms with van der Waals surface area (Å²) in [5, 5.41) is 4.12. The van der Waals surface area contributed by atoms with Crippen LogP contribution in [0.2, 0.25) is 0 Å². The fourth-order valence-corrected chi connectivity index (χ4v) is 4.29. The van der Waals surface area contributed by atoms with Crippen molar-refractivity contribution in [1.29, 1.82) is 0 Å². The van der Waals surface area contributed by atoms with Gasteiger partial charge in [-0.3, -0.25) is 4.90 Å². The molecule has 0 aliphatic carbocycles. The lowest BCUT2D eigenvalue weighted by Gasteiger charge is -2.35. The number of benzene rings is 2. The fraction of sp³-hybridized carbons (Fsp3) is 0.269. The minimum absolute atomic E-state index is 0.309. The van der Waals surface area contributed by atoms with E-state index in [1.165, 1.54) is 11.1 Å². The van der Waals surface area contributed by atoms with Crippen molar-refractivity contribution in [3.63, 3.8) is 0 Å². The molecule has 0 bridgehead atoms. The number of hydrogen-bond acceptors (Lipinski definition) is 8. The van der Waals surface area contributed by atoms with Crippen molar-refractivity contribution in [3.8, 4) is 34.3 Å². The molecule has 0 atom stereocenters. The molecule has 2 aromatic heterocycles. The lowest BCUT2D eigenvalue weighted by molar-refractivity contribution is 0.174. The van der Waals surface area contributed by atoms with Crippen molar-refractivity contribution >= 4 is 5.82 Å². The monoisotopic (exact) mass is 455 g/mol. The van der Waals surface area contributed by atoms with Crippen LogP contribution in [0.5, 0.6) is 11.5 Å². The molecule has 172 valence electrons. The van der Waals surface area contributed by atoms with Gasteiger partial charge >= 0.3 is 0 Å². The third kappa shape index (κ3) is 4.20. The van der Waals surface area contributed by atoms with Gasteiger partial charge in [0.2, 0.25) is 12.6 Å². The first-order valence-electron chi connectivity index (χ1n) is 11.4. The topological polar surface area (TPSA) is 76.8 Å². The zero-order chi connectivity index (χ0) is 22.9. The zero-order valence-corrected chi connectivity index (χ0v) is 19.0. The van der Waals surface area contributed by atoms with Crippen LogP contribution in [0.4, 0.5) is 5.82 Å². The molecular formula is C26H25N5O3. The van der Waals surface area contributed by atoms with Gasteiger partial charge in [0, 0.05) is 44.5 Å². The predicted octanol–water partition coefficient (Wildman–Crippen LogP) is 4.16. The number of aryl methyl sites for hydroxylation is 1. The molecule has 4 aromatic rings. The summed E-state index contributed by atoms with van der Waals surface area (Å²) in [6.45, 7) is 7.06. The minimum atomic E-state index is 0.309. The van der Waals surface area contributed by atoms with Crippen LogP contribution in [0.15, 0.2) is 65.3 Å². The highest BCUT2D eigenvalue weighted by Crippen LogP contribution is 2.33. The quantitative estimate of drug-likeness (QED) is 0.444. The molecule has 4 heterocycles. The Labute approximate surface area is 197 Å². The van der Waals surface area contributed by atoms with Crippen LogP contribution in [-0.4, -0.2) is 53.0 Å². The first kappa shape index (κ1) is 20.7. The van der Waals surface area contributed by atoms with E-state index in [1.54, 1.807) is 6.20 Å². The number of ether oxygens (including phenoxy) is 2. The number of nitrogens with zero attached hydrogens (tertiary/aromatic N) is 5. The molecule has 2 aliphatic heterocycles. The second-order valence-electron chi connectivity index (χ2n) is 8.65. The van der Waals surface area contributed by atoms with Crippen molar-refractivity contribution in [2.75, 3.05) is 37.9 Å². The lowest BCUT2D eigenvalue weighted by Crippen LogP contribution is -2.46. The lowest BCUT2D eigenvalue weighted by atomic mass is 10.1. The Bertz CT molecular complexity index is 1280. The Morgan fingerprint density at radius 2 is 1.65 bits per heavy atom. The largest absolute Gasteiger partial charge is 0.454 e. The van der Waals surface area contributed by atoms with E-state index in [0.717, 1.165) is 61.2 Å². The first-order valence-corrected chi connectivity index (χ1v) is 11.4. The van der Waals surface area contributed by atoms with Gasteiger partial charge < -0.3 is 18.9 Å². The van der Waals surface area contributed by atoms with Gasteiger partial charge in [0.25, 0.3) is 5.89 Å². The van der Waals surface area contributed by atoms with Gasteiger partial charge in [-0.1, -0.05) is 41.1 Å². The molecule has 1 saturated heterocycles. The highest BCUT2D eigenvalue weighted by molar-refractivity contribution is 5.60. The van der Waals surface area contributed by atoms with E-state index >= 15 is 0 Å². The Hall–Kier alpha value is -3.91. The maximum atomic E-state index is 5.50. The zero-order valence-electron chi connectivity index (χ0n) is 19.0. The second-order valence-corrected chi connectivity index (χ2v) is 8.65. The fourth-order valence-electron chi connectivity index (χ4n) is 4.29. The molecule has 0 unspecified atom stereocenters. The third-order valence-electron chi connectivity index (χ3n) is 6.27. The summed E-state index contributed by atoms with van der Waals surface area (Å²) in [5.41, 5.74) is 4.19. The summed E-state index contributed by atoms with van der Waals surface area (Å²) >= 11 is 0. The average molecular weight is 456 g/mol. The molecule has 0 spiro atoms. The first-order chi connectivity index (χ1) is 16.7. The third-order valence-corrected chi connectivity index (χ3v) is 6.27. The molecule has 8 heteroatoms.